The van der Waals surface area contributed by atoms with Crippen LogP contribution in [0.25, 0.3) is 10.8 Å². The Morgan fingerprint density at radius 1 is 0.654 bits per heavy atom. The van der Waals surface area contributed by atoms with Gasteiger partial charge in [-0.2, -0.15) is 0 Å². The lowest BCUT2D eigenvalue weighted by molar-refractivity contribution is 0.481. The fraction of sp³-hybridized carbons (Fsp3) is 0.0435. The highest BCUT2D eigenvalue weighted by Gasteiger charge is 2.09. The topological polar surface area (TPSA) is 41.5 Å². The molecule has 0 saturated carbocycles. The van der Waals surface area contributed by atoms with E-state index >= 15 is 0 Å². The third kappa shape index (κ3) is 3.07. The standard InChI is InChI=1S/C23H19NO2/c1-16-8-2-6-12-22(16)26-23-13-7-5-11-20(23)24-19-14-15-21(25)18-10-4-3-9-17(18)19/h2-15,24-25H,1H3. The van der Waals surface area contributed by atoms with Gasteiger partial charge in [-0.25, -0.2) is 0 Å². The number of para-hydroxylation sites is 3. The molecule has 0 spiro atoms. The Balaban J connectivity index is 1.72. The molecule has 4 aromatic rings. The average molecular weight is 341 g/mol. The van der Waals surface area contributed by atoms with E-state index in [9.17, 15) is 5.11 Å². The van der Waals surface area contributed by atoms with Crippen LogP contribution in [0.3, 0.4) is 0 Å². The summed E-state index contributed by atoms with van der Waals surface area (Å²) in [5.74, 6) is 1.85. The van der Waals surface area contributed by atoms with Crippen LogP contribution in [0, 0.1) is 6.92 Å². The number of ether oxygens (including phenoxy) is 1. The van der Waals surface area contributed by atoms with Crippen molar-refractivity contribution >= 4 is 22.1 Å². The van der Waals surface area contributed by atoms with Gasteiger partial charge < -0.3 is 15.2 Å². The molecular formula is C23H19NO2. The number of nitrogens with one attached hydrogen (secondary N) is 1. The van der Waals surface area contributed by atoms with Crippen molar-refractivity contribution in [2.45, 2.75) is 6.92 Å². The lowest BCUT2D eigenvalue weighted by atomic mass is 10.1. The van der Waals surface area contributed by atoms with E-state index in [1.807, 2.05) is 85.8 Å². The summed E-state index contributed by atoms with van der Waals surface area (Å²) in [7, 11) is 0. The molecule has 2 N–H and O–H groups in total. The van der Waals surface area contributed by atoms with Crippen molar-refractivity contribution in [2.75, 3.05) is 5.32 Å². The average Bonchev–Trinajstić information content (AvgIpc) is 2.67. The van der Waals surface area contributed by atoms with Crippen LogP contribution >= 0.6 is 0 Å². The van der Waals surface area contributed by atoms with E-state index < -0.39 is 0 Å². The first-order valence-corrected chi connectivity index (χ1v) is 8.52. The fourth-order valence-electron chi connectivity index (χ4n) is 2.99. The summed E-state index contributed by atoms with van der Waals surface area (Å²) >= 11 is 0. The van der Waals surface area contributed by atoms with Gasteiger partial charge in [-0.1, -0.05) is 54.6 Å². The van der Waals surface area contributed by atoms with E-state index in [-0.39, 0.29) is 5.75 Å². The first kappa shape index (κ1) is 16.0. The van der Waals surface area contributed by atoms with Gasteiger partial charge in [-0.05, 0) is 42.8 Å². The minimum absolute atomic E-state index is 0.274. The Morgan fingerprint density at radius 3 is 2.12 bits per heavy atom. The van der Waals surface area contributed by atoms with Crippen LogP contribution < -0.4 is 10.1 Å². The maximum Gasteiger partial charge on any atom is 0.150 e. The van der Waals surface area contributed by atoms with Crippen molar-refractivity contribution in [2.24, 2.45) is 0 Å². The maximum atomic E-state index is 10.1. The SMILES string of the molecule is Cc1ccccc1Oc1ccccc1Nc1ccc(O)c2ccccc12. The van der Waals surface area contributed by atoms with Crippen LogP contribution in [0.1, 0.15) is 5.56 Å². The van der Waals surface area contributed by atoms with Crippen LogP contribution in [0.5, 0.6) is 17.2 Å². The van der Waals surface area contributed by atoms with Gasteiger partial charge in [0, 0.05) is 16.5 Å². The molecule has 3 nitrogen and oxygen atoms in total. The normalized spacial score (nSPS) is 10.7. The van der Waals surface area contributed by atoms with Crippen LogP contribution in [-0.2, 0) is 0 Å². The van der Waals surface area contributed by atoms with Crippen molar-refractivity contribution in [3.8, 4) is 17.2 Å². The molecule has 0 heterocycles. The summed E-state index contributed by atoms with van der Waals surface area (Å²) in [5.41, 5.74) is 2.86. The highest BCUT2D eigenvalue weighted by atomic mass is 16.5. The number of aryl methyl sites for hydroxylation is 1. The van der Waals surface area contributed by atoms with Crippen LogP contribution in [0.15, 0.2) is 84.9 Å². The molecule has 0 aliphatic carbocycles. The molecule has 26 heavy (non-hydrogen) atoms. The number of aromatic hydroxyl groups is 1. The van der Waals surface area contributed by atoms with Gasteiger partial charge in [0.2, 0.25) is 0 Å². The Labute approximate surface area is 152 Å². The third-order valence-corrected chi connectivity index (χ3v) is 4.37. The summed E-state index contributed by atoms with van der Waals surface area (Å²) < 4.78 is 6.14. The zero-order valence-electron chi connectivity index (χ0n) is 14.4. The summed E-state index contributed by atoms with van der Waals surface area (Å²) in [4.78, 5) is 0. The van der Waals surface area contributed by atoms with Gasteiger partial charge in [0.25, 0.3) is 0 Å². The zero-order valence-corrected chi connectivity index (χ0v) is 14.4. The number of hydrogen-bond acceptors (Lipinski definition) is 3. The van der Waals surface area contributed by atoms with Crippen molar-refractivity contribution in [3.63, 3.8) is 0 Å². The van der Waals surface area contributed by atoms with E-state index in [1.54, 1.807) is 6.07 Å². The number of hydrogen-bond donors (Lipinski definition) is 2. The third-order valence-electron chi connectivity index (χ3n) is 4.37. The number of phenols is 1. The number of benzene rings is 4. The molecule has 0 radical (unpaired) electrons. The van der Waals surface area contributed by atoms with E-state index in [1.165, 1.54) is 0 Å². The molecule has 0 saturated heterocycles. The summed E-state index contributed by atoms with van der Waals surface area (Å²) in [6.45, 7) is 2.03. The predicted octanol–water partition coefficient (Wildman–Crippen LogP) is 6.39. The van der Waals surface area contributed by atoms with Crippen molar-refractivity contribution in [1.29, 1.82) is 0 Å². The Hall–Kier alpha value is -3.46. The molecule has 0 bridgehead atoms. The first-order valence-electron chi connectivity index (χ1n) is 8.52. The molecule has 0 atom stereocenters. The summed E-state index contributed by atoms with van der Waals surface area (Å²) in [6, 6.07) is 27.1. The van der Waals surface area contributed by atoms with Gasteiger partial charge in [-0.3, -0.25) is 0 Å². The molecule has 0 unspecified atom stereocenters. The molecule has 4 rings (SSSR count). The van der Waals surface area contributed by atoms with Gasteiger partial charge in [-0.15, -0.1) is 0 Å². The second kappa shape index (κ2) is 6.81. The van der Waals surface area contributed by atoms with Crippen LogP contribution in [-0.4, -0.2) is 5.11 Å². The minimum Gasteiger partial charge on any atom is -0.507 e. The molecule has 4 aromatic carbocycles. The molecule has 0 aliphatic rings. The quantitative estimate of drug-likeness (QED) is 0.423. The second-order valence-corrected chi connectivity index (χ2v) is 6.17. The molecule has 0 aromatic heterocycles. The summed E-state index contributed by atoms with van der Waals surface area (Å²) in [5, 5.41) is 15.3. The Kier molecular flexibility index (Phi) is 4.20. The highest BCUT2D eigenvalue weighted by Crippen LogP contribution is 2.36. The number of anilines is 2. The monoisotopic (exact) mass is 341 g/mol. The maximum absolute atomic E-state index is 10.1. The first-order chi connectivity index (χ1) is 12.7. The predicted molar refractivity (Wildman–Crippen MR) is 107 cm³/mol. The largest absolute Gasteiger partial charge is 0.507 e. The molecule has 0 fully saturated rings. The molecule has 3 heteroatoms. The smallest absolute Gasteiger partial charge is 0.150 e. The van der Waals surface area contributed by atoms with Crippen molar-refractivity contribution in [3.05, 3.63) is 90.5 Å². The molecule has 0 aliphatic heterocycles. The van der Waals surface area contributed by atoms with E-state index in [4.69, 9.17) is 4.74 Å². The van der Waals surface area contributed by atoms with E-state index in [0.717, 1.165) is 39.2 Å². The van der Waals surface area contributed by atoms with Gasteiger partial charge in [0.15, 0.2) is 5.75 Å². The zero-order chi connectivity index (χ0) is 17.9. The second-order valence-electron chi connectivity index (χ2n) is 6.17. The van der Waals surface area contributed by atoms with Gasteiger partial charge in [0.05, 0.1) is 5.69 Å². The Bertz CT molecular complexity index is 1070. The molecular weight excluding hydrogens is 322 g/mol. The fourth-order valence-corrected chi connectivity index (χ4v) is 2.99. The lowest BCUT2D eigenvalue weighted by Gasteiger charge is -2.16. The molecule has 0 amide bonds. The lowest BCUT2D eigenvalue weighted by Crippen LogP contribution is -1.96. The van der Waals surface area contributed by atoms with Gasteiger partial charge in [0.1, 0.15) is 11.5 Å². The van der Waals surface area contributed by atoms with E-state index in [2.05, 4.69) is 5.32 Å². The van der Waals surface area contributed by atoms with Crippen LogP contribution in [0.4, 0.5) is 11.4 Å². The van der Waals surface area contributed by atoms with Gasteiger partial charge >= 0.3 is 0 Å². The molecule has 128 valence electrons. The highest BCUT2D eigenvalue weighted by molar-refractivity contribution is 5.99. The van der Waals surface area contributed by atoms with Crippen molar-refractivity contribution < 1.29 is 9.84 Å². The number of fused-ring (bicyclic) bond motifs is 1. The minimum atomic E-state index is 0.274. The van der Waals surface area contributed by atoms with E-state index in [0.29, 0.717) is 0 Å². The Morgan fingerprint density at radius 2 is 1.31 bits per heavy atom. The van der Waals surface area contributed by atoms with Crippen molar-refractivity contribution in [1.82, 2.24) is 0 Å². The summed E-state index contributed by atoms with van der Waals surface area (Å²) in [6.07, 6.45) is 0. The number of rotatable bonds is 4. The number of phenolic OH excluding ortho intramolecular Hbond substituents is 1. The van der Waals surface area contributed by atoms with Crippen LogP contribution in [0.2, 0.25) is 0 Å².